The first-order valence-electron chi connectivity index (χ1n) is 9.66. The number of benzene rings is 1. The van der Waals surface area contributed by atoms with Crippen molar-refractivity contribution < 1.29 is 4.79 Å². The van der Waals surface area contributed by atoms with Crippen molar-refractivity contribution >= 4 is 28.1 Å². The fraction of sp³-hybridized carbons (Fsp3) is 0.429. The minimum Gasteiger partial charge on any atom is -0.348 e. The third-order valence-corrected chi connectivity index (χ3v) is 7.29. The van der Waals surface area contributed by atoms with Crippen LogP contribution in [0.4, 0.5) is 0 Å². The number of rotatable bonds is 3. The van der Waals surface area contributed by atoms with Crippen molar-refractivity contribution in [3.05, 3.63) is 40.9 Å². The topological polar surface area (TPSA) is 61.0 Å². The van der Waals surface area contributed by atoms with Gasteiger partial charge in [0.25, 0.3) is 5.91 Å². The molecule has 4 heterocycles. The Morgan fingerprint density at radius 1 is 1.22 bits per heavy atom. The number of H-pyrrole nitrogens is 1. The van der Waals surface area contributed by atoms with Gasteiger partial charge in [0.1, 0.15) is 0 Å². The first kappa shape index (κ1) is 17.0. The Labute approximate surface area is 162 Å². The van der Waals surface area contributed by atoms with Gasteiger partial charge >= 0.3 is 0 Å². The largest absolute Gasteiger partial charge is 0.348 e. The number of hydrogen-bond donors (Lipinski definition) is 2. The van der Waals surface area contributed by atoms with E-state index < -0.39 is 0 Å². The molecule has 2 bridgehead atoms. The lowest BCUT2D eigenvalue weighted by Crippen LogP contribution is -2.48. The van der Waals surface area contributed by atoms with E-state index in [1.807, 2.05) is 6.07 Å². The summed E-state index contributed by atoms with van der Waals surface area (Å²) in [5.74, 6) is -0.0605. The summed E-state index contributed by atoms with van der Waals surface area (Å²) in [5, 5.41) is 11.5. The SMILES string of the molecule is Cc1ccc(-c2ccc3[nH]nc(C(=O)NC4CC5CCC(C4)N5C)c3c2)s1. The Morgan fingerprint density at radius 2 is 2.00 bits per heavy atom. The smallest absolute Gasteiger partial charge is 0.272 e. The molecule has 2 aromatic heterocycles. The predicted molar refractivity (Wildman–Crippen MR) is 109 cm³/mol. The van der Waals surface area contributed by atoms with Crippen LogP contribution in [-0.4, -0.2) is 46.2 Å². The Kier molecular flexibility index (Phi) is 4.06. The van der Waals surface area contributed by atoms with E-state index in [4.69, 9.17) is 0 Å². The predicted octanol–water partition coefficient (Wildman–Crippen LogP) is 3.95. The van der Waals surface area contributed by atoms with E-state index >= 15 is 0 Å². The van der Waals surface area contributed by atoms with E-state index in [-0.39, 0.29) is 11.9 Å². The quantitative estimate of drug-likeness (QED) is 0.723. The average molecular weight is 381 g/mol. The molecule has 0 saturated carbocycles. The molecule has 2 aliphatic heterocycles. The molecule has 2 unspecified atom stereocenters. The highest BCUT2D eigenvalue weighted by molar-refractivity contribution is 7.15. The average Bonchev–Trinajstić information content (AvgIpc) is 3.31. The molecule has 2 aliphatic rings. The van der Waals surface area contributed by atoms with Gasteiger partial charge in [-0.25, -0.2) is 0 Å². The van der Waals surface area contributed by atoms with Crippen molar-refractivity contribution in [2.45, 2.75) is 50.7 Å². The van der Waals surface area contributed by atoms with E-state index in [0.717, 1.165) is 29.3 Å². The van der Waals surface area contributed by atoms with Crippen molar-refractivity contribution in [3.63, 3.8) is 0 Å². The fourth-order valence-corrected chi connectivity index (χ4v) is 5.58. The second-order valence-electron chi connectivity index (χ2n) is 7.94. The van der Waals surface area contributed by atoms with Crippen LogP contribution in [0.5, 0.6) is 0 Å². The monoisotopic (exact) mass is 380 g/mol. The van der Waals surface area contributed by atoms with E-state index in [9.17, 15) is 4.79 Å². The molecule has 6 heteroatoms. The summed E-state index contributed by atoms with van der Waals surface area (Å²) in [6, 6.07) is 11.9. The fourth-order valence-electron chi connectivity index (χ4n) is 4.71. The van der Waals surface area contributed by atoms with Gasteiger partial charge in [0, 0.05) is 33.3 Å². The van der Waals surface area contributed by atoms with Crippen LogP contribution in [0.15, 0.2) is 30.3 Å². The molecule has 2 fully saturated rings. The Morgan fingerprint density at radius 3 is 2.70 bits per heavy atom. The van der Waals surface area contributed by atoms with Gasteiger partial charge in [-0.05, 0) is 69.5 Å². The number of amides is 1. The summed E-state index contributed by atoms with van der Waals surface area (Å²) >= 11 is 1.77. The number of fused-ring (bicyclic) bond motifs is 3. The van der Waals surface area contributed by atoms with Crippen molar-refractivity contribution in [2.75, 3.05) is 7.05 Å². The zero-order chi connectivity index (χ0) is 18.5. The lowest BCUT2D eigenvalue weighted by atomic mass is 9.98. The van der Waals surface area contributed by atoms with E-state index in [1.54, 1.807) is 11.3 Å². The summed E-state index contributed by atoms with van der Waals surface area (Å²) in [6.07, 6.45) is 4.59. The molecule has 1 amide bonds. The molecule has 1 aromatic carbocycles. The number of aryl methyl sites for hydroxylation is 1. The van der Waals surface area contributed by atoms with Crippen LogP contribution in [0.1, 0.15) is 41.0 Å². The van der Waals surface area contributed by atoms with Gasteiger partial charge in [-0.1, -0.05) is 6.07 Å². The molecule has 140 valence electrons. The molecular weight excluding hydrogens is 356 g/mol. The van der Waals surface area contributed by atoms with Crippen LogP contribution >= 0.6 is 11.3 Å². The minimum atomic E-state index is -0.0605. The zero-order valence-electron chi connectivity index (χ0n) is 15.7. The maximum Gasteiger partial charge on any atom is 0.272 e. The highest BCUT2D eigenvalue weighted by Crippen LogP contribution is 2.34. The second-order valence-corrected chi connectivity index (χ2v) is 9.22. The van der Waals surface area contributed by atoms with Gasteiger partial charge in [-0.15, -0.1) is 11.3 Å². The Balaban J connectivity index is 1.40. The second kappa shape index (κ2) is 6.46. The summed E-state index contributed by atoms with van der Waals surface area (Å²) in [5.41, 5.74) is 2.54. The van der Waals surface area contributed by atoms with Gasteiger partial charge in [0.05, 0.1) is 5.52 Å². The summed E-state index contributed by atoms with van der Waals surface area (Å²) in [7, 11) is 2.22. The number of nitrogens with one attached hydrogen (secondary N) is 2. The molecule has 27 heavy (non-hydrogen) atoms. The third-order valence-electron chi connectivity index (χ3n) is 6.24. The number of nitrogens with zero attached hydrogens (tertiary/aromatic N) is 2. The van der Waals surface area contributed by atoms with Crippen LogP contribution in [0.2, 0.25) is 0 Å². The van der Waals surface area contributed by atoms with Crippen LogP contribution in [-0.2, 0) is 0 Å². The number of carbonyl (C=O) groups excluding carboxylic acids is 1. The summed E-state index contributed by atoms with van der Waals surface area (Å²) in [6.45, 7) is 2.11. The zero-order valence-corrected chi connectivity index (χ0v) is 16.5. The maximum atomic E-state index is 13.0. The molecular formula is C21H24N4OS. The van der Waals surface area contributed by atoms with Crippen molar-refractivity contribution in [1.29, 1.82) is 0 Å². The van der Waals surface area contributed by atoms with Crippen LogP contribution in [0, 0.1) is 6.92 Å². The molecule has 2 atom stereocenters. The lowest BCUT2D eigenvalue weighted by molar-refractivity contribution is 0.0879. The van der Waals surface area contributed by atoms with Gasteiger partial charge in [-0.2, -0.15) is 5.10 Å². The van der Waals surface area contributed by atoms with E-state index in [2.05, 4.69) is 58.7 Å². The van der Waals surface area contributed by atoms with Crippen LogP contribution in [0.25, 0.3) is 21.3 Å². The summed E-state index contributed by atoms with van der Waals surface area (Å²) < 4.78 is 0. The van der Waals surface area contributed by atoms with Crippen molar-refractivity contribution in [1.82, 2.24) is 20.4 Å². The molecule has 0 radical (unpaired) electrons. The minimum absolute atomic E-state index is 0.0605. The molecule has 5 rings (SSSR count). The number of carbonyl (C=O) groups is 1. The highest BCUT2D eigenvalue weighted by Gasteiger charge is 2.39. The first-order valence-corrected chi connectivity index (χ1v) is 10.5. The number of aromatic amines is 1. The number of hydrogen-bond acceptors (Lipinski definition) is 4. The van der Waals surface area contributed by atoms with Crippen LogP contribution < -0.4 is 5.32 Å². The van der Waals surface area contributed by atoms with Crippen molar-refractivity contribution in [2.24, 2.45) is 0 Å². The van der Waals surface area contributed by atoms with Gasteiger partial charge in [0.2, 0.25) is 0 Å². The molecule has 2 N–H and O–H groups in total. The van der Waals surface area contributed by atoms with Gasteiger partial charge in [0.15, 0.2) is 5.69 Å². The Hall–Kier alpha value is -2.18. The normalized spacial score (nSPS) is 25.2. The first-order chi connectivity index (χ1) is 13.1. The molecule has 3 aromatic rings. The number of aromatic nitrogens is 2. The Bertz CT molecular complexity index is 993. The third kappa shape index (κ3) is 2.97. The number of piperidine rings is 1. The standard InChI is InChI=1S/C21H24N4OS/c1-12-3-8-19(27-12)13-4-7-18-17(9-13)20(24-23-18)21(26)22-14-10-15-5-6-16(11-14)25(15)2/h3-4,7-9,14-16H,5-6,10-11H2,1-2H3,(H,22,26)(H,23,24). The molecule has 2 saturated heterocycles. The molecule has 0 aliphatic carbocycles. The lowest BCUT2D eigenvalue weighted by Gasteiger charge is -2.36. The van der Waals surface area contributed by atoms with Gasteiger partial charge in [-0.3, -0.25) is 9.89 Å². The van der Waals surface area contributed by atoms with E-state index in [1.165, 1.54) is 22.6 Å². The van der Waals surface area contributed by atoms with E-state index in [0.29, 0.717) is 17.8 Å². The van der Waals surface area contributed by atoms with Gasteiger partial charge < -0.3 is 10.2 Å². The number of thiophene rings is 1. The van der Waals surface area contributed by atoms with Crippen molar-refractivity contribution in [3.8, 4) is 10.4 Å². The summed E-state index contributed by atoms with van der Waals surface area (Å²) in [4.78, 5) is 17.9. The highest BCUT2D eigenvalue weighted by atomic mass is 32.1. The van der Waals surface area contributed by atoms with Crippen LogP contribution in [0.3, 0.4) is 0 Å². The maximum absolute atomic E-state index is 13.0. The molecule has 0 spiro atoms. The molecule has 5 nitrogen and oxygen atoms in total.